The lowest BCUT2D eigenvalue weighted by Gasteiger charge is -2.10. The lowest BCUT2D eigenvalue weighted by atomic mass is 10.0. The monoisotopic (exact) mass is 638 g/mol. The second-order valence-corrected chi connectivity index (χ2v) is 11.2. The molecule has 49 heavy (non-hydrogen) atoms. The Labute approximate surface area is 299 Å². The minimum absolute atomic E-state index is 0.0786. The maximum absolute atomic E-state index is 9.47. The summed E-state index contributed by atoms with van der Waals surface area (Å²) in [6, 6.07) is 28.1. The van der Waals surface area contributed by atoms with Gasteiger partial charge in [0.1, 0.15) is 11.2 Å². The van der Waals surface area contributed by atoms with Crippen LogP contribution in [0.25, 0.3) is 89.5 Å². The summed E-state index contributed by atoms with van der Waals surface area (Å²) in [5, 5.41) is -0.252. The van der Waals surface area contributed by atoms with Gasteiger partial charge in [-0.05, 0) is 51.5 Å². The predicted octanol–water partition coefficient (Wildman–Crippen LogP) is 11.8. The summed E-state index contributed by atoms with van der Waals surface area (Å²) in [4.78, 5) is 14.6. The maximum atomic E-state index is 9.47. The number of fused-ring (bicyclic) bond motifs is 3. The SMILES string of the molecule is [2H]c1c([2H])c([2H])c(-c2c([2H])c([2H])c3oc4c([2H])c([2H])c([2H])c(-c5nc(-c6ccc(-c7ccccc7)cc6)nc(-c6ccc(-c7ccccc7)cc6)n5)c4c3c2[2H])c([2H])c1[2H]. The Bertz CT molecular complexity index is 3060. The van der Waals surface area contributed by atoms with Crippen LogP contribution in [0.15, 0.2) is 180 Å². The highest BCUT2D eigenvalue weighted by Crippen LogP contribution is 2.38. The molecule has 2 heterocycles. The minimum Gasteiger partial charge on any atom is -0.456 e. The molecular weight excluding hydrogens is 599 g/mol. The molecule has 7 aromatic carbocycles. The number of nitrogens with zero attached hydrogens (tertiary/aromatic N) is 3. The molecule has 2 aromatic heterocycles. The highest BCUT2D eigenvalue weighted by molar-refractivity contribution is 6.12. The van der Waals surface area contributed by atoms with Crippen molar-refractivity contribution < 1.29 is 19.5 Å². The first-order valence-electron chi connectivity index (χ1n) is 21.0. The van der Waals surface area contributed by atoms with Gasteiger partial charge in [-0.25, -0.2) is 15.0 Å². The van der Waals surface area contributed by atoms with Crippen molar-refractivity contribution >= 4 is 21.9 Å². The van der Waals surface area contributed by atoms with E-state index in [1.165, 1.54) is 0 Å². The first-order chi connectivity index (χ1) is 28.8. The van der Waals surface area contributed by atoms with E-state index in [0.717, 1.165) is 22.3 Å². The van der Waals surface area contributed by atoms with Crippen LogP contribution in [0.3, 0.4) is 0 Å². The number of rotatable bonds is 6. The Morgan fingerprint density at radius 2 is 0.918 bits per heavy atom. The van der Waals surface area contributed by atoms with E-state index in [0.29, 0.717) is 11.1 Å². The highest BCUT2D eigenvalue weighted by Gasteiger charge is 2.18. The van der Waals surface area contributed by atoms with Gasteiger partial charge in [-0.1, -0.05) is 158 Å². The van der Waals surface area contributed by atoms with E-state index in [4.69, 9.17) is 31.7 Å². The number of hydrogen-bond acceptors (Lipinski definition) is 4. The minimum atomic E-state index is -0.686. The summed E-state index contributed by atoms with van der Waals surface area (Å²) in [5.41, 5.74) is 3.51. The van der Waals surface area contributed by atoms with Gasteiger partial charge in [-0.2, -0.15) is 0 Å². The summed E-state index contributed by atoms with van der Waals surface area (Å²) in [6.45, 7) is 0. The molecule has 0 saturated carbocycles. The Kier molecular flexibility index (Phi) is 4.78. The molecule has 4 nitrogen and oxygen atoms in total. The van der Waals surface area contributed by atoms with E-state index >= 15 is 0 Å². The van der Waals surface area contributed by atoms with Crippen LogP contribution < -0.4 is 0 Å². The molecule has 0 spiro atoms. The van der Waals surface area contributed by atoms with Gasteiger partial charge in [-0.15, -0.1) is 0 Å². The van der Waals surface area contributed by atoms with Crippen molar-refractivity contribution in [3.63, 3.8) is 0 Å². The van der Waals surface area contributed by atoms with Gasteiger partial charge >= 0.3 is 0 Å². The molecule has 9 rings (SSSR count). The van der Waals surface area contributed by atoms with Gasteiger partial charge in [0, 0.05) is 27.5 Å². The van der Waals surface area contributed by atoms with Crippen molar-refractivity contribution in [3.05, 3.63) is 176 Å². The molecule has 0 amide bonds. The zero-order valence-corrected chi connectivity index (χ0v) is 25.6. The lowest BCUT2D eigenvalue weighted by molar-refractivity contribution is 0.669. The average molecular weight is 639 g/mol. The van der Waals surface area contributed by atoms with Crippen molar-refractivity contribution in [1.82, 2.24) is 15.0 Å². The molecule has 0 atom stereocenters. The molecule has 0 bridgehead atoms. The van der Waals surface area contributed by atoms with E-state index in [2.05, 4.69) is 0 Å². The van der Waals surface area contributed by atoms with Crippen LogP contribution in [0.5, 0.6) is 0 Å². The van der Waals surface area contributed by atoms with Gasteiger partial charge in [0.15, 0.2) is 17.5 Å². The van der Waals surface area contributed by atoms with E-state index < -0.39 is 77.6 Å². The fourth-order valence-electron chi connectivity index (χ4n) is 5.75. The molecule has 9 aromatic rings. The van der Waals surface area contributed by atoms with Crippen molar-refractivity contribution in [3.8, 4) is 67.5 Å². The average Bonchev–Trinajstić information content (AvgIpc) is 3.69. The summed E-state index contributed by atoms with van der Waals surface area (Å²) in [6.07, 6.45) is 0. The highest BCUT2D eigenvalue weighted by atomic mass is 16.3. The molecule has 230 valence electrons. The molecule has 4 heteroatoms. The zero-order chi connectivity index (χ0) is 42.1. The van der Waals surface area contributed by atoms with Crippen LogP contribution in [0.4, 0.5) is 0 Å². The topological polar surface area (TPSA) is 51.8 Å². The summed E-state index contributed by atoms with van der Waals surface area (Å²) in [5.74, 6) is 0.318. The molecule has 0 N–H and O–H groups in total. The van der Waals surface area contributed by atoms with Gasteiger partial charge in [-0.3, -0.25) is 0 Å². The van der Waals surface area contributed by atoms with Crippen molar-refractivity contribution in [2.75, 3.05) is 0 Å². The molecular formula is C45H29N3O. The van der Waals surface area contributed by atoms with Crippen LogP contribution in [0, 0.1) is 0 Å². The van der Waals surface area contributed by atoms with Gasteiger partial charge in [0.05, 0.1) is 15.1 Å². The molecule has 0 aliphatic rings. The molecule has 0 fully saturated rings. The Morgan fingerprint density at radius 3 is 1.51 bits per heavy atom. The van der Waals surface area contributed by atoms with Crippen molar-refractivity contribution in [2.45, 2.75) is 0 Å². The van der Waals surface area contributed by atoms with E-state index in [1.807, 2.05) is 109 Å². The Balaban J connectivity index is 1.34. The Morgan fingerprint density at radius 1 is 0.388 bits per heavy atom. The quantitative estimate of drug-likeness (QED) is 0.182. The third kappa shape index (κ3) is 5.45. The molecule has 0 saturated heterocycles. The van der Waals surface area contributed by atoms with Crippen LogP contribution >= 0.6 is 0 Å². The zero-order valence-electron chi connectivity index (χ0n) is 36.6. The Hall–Kier alpha value is -6.65. The van der Waals surface area contributed by atoms with Crippen LogP contribution in [0.2, 0.25) is 0 Å². The van der Waals surface area contributed by atoms with Crippen LogP contribution in [0.1, 0.15) is 15.1 Å². The second-order valence-electron chi connectivity index (χ2n) is 11.2. The first kappa shape index (κ1) is 19.2. The predicted molar refractivity (Wildman–Crippen MR) is 200 cm³/mol. The van der Waals surface area contributed by atoms with Crippen LogP contribution in [-0.4, -0.2) is 15.0 Å². The summed E-state index contributed by atoms with van der Waals surface area (Å²) < 4.78 is 102. The lowest BCUT2D eigenvalue weighted by Crippen LogP contribution is -2.00. The first-order valence-corrected chi connectivity index (χ1v) is 15.5. The smallest absolute Gasteiger partial charge is 0.164 e. The maximum Gasteiger partial charge on any atom is 0.164 e. The van der Waals surface area contributed by atoms with E-state index in [9.17, 15) is 2.74 Å². The molecule has 0 aliphatic carbocycles. The number of furan rings is 1. The standard InChI is InChI=1S/C45H29N3O/c1-4-11-30(12-5-1)33-19-23-35(24-20-33)43-46-44(36-25-21-34(22-26-36)31-13-6-2-7-14-31)48-45(47-43)38-17-10-18-41-42(38)39-29-37(27-28-40(39)49-41)32-15-8-3-9-16-32/h1-29H/i3D,8D,9D,10D,15D,16D,17D,18D,27D,28D,29D. The molecule has 0 radical (unpaired) electrons. The van der Waals surface area contributed by atoms with Crippen LogP contribution in [-0.2, 0) is 0 Å². The largest absolute Gasteiger partial charge is 0.456 e. The molecule has 0 aliphatic heterocycles. The number of aromatic nitrogens is 3. The molecule has 0 unspecified atom stereocenters. The number of hydrogen-bond donors (Lipinski definition) is 0. The van der Waals surface area contributed by atoms with E-state index in [-0.39, 0.29) is 45.0 Å². The van der Waals surface area contributed by atoms with Crippen molar-refractivity contribution in [1.29, 1.82) is 0 Å². The van der Waals surface area contributed by atoms with Gasteiger partial charge < -0.3 is 4.42 Å². The summed E-state index contributed by atoms with van der Waals surface area (Å²) in [7, 11) is 0. The summed E-state index contributed by atoms with van der Waals surface area (Å²) >= 11 is 0. The van der Waals surface area contributed by atoms with E-state index in [1.54, 1.807) is 0 Å². The van der Waals surface area contributed by atoms with Crippen molar-refractivity contribution in [2.24, 2.45) is 0 Å². The normalized spacial score (nSPS) is 14.4. The third-order valence-corrected chi connectivity index (χ3v) is 8.18. The fourth-order valence-corrected chi connectivity index (χ4v) is 5.75. The van der Waals surface area contributed by atoms with Gasteiger partial charge in [0.2, 0.25) is 0 Å². The van der Waals surface area contributed by atoms with Gasteiger partial charge in [0.25, 0.3) is 0 Å². The second kappa shape index (κ2) is 12.2. The number of benzene rings is 7. The fraction of sp³-hybridized carbons (Fsp3) is 0. The third-order valence-electron chi connectivity index (χ3n) is 8.18.